The van der Waals surface area contributed by atoms with E-state index in [0.29, 0.717) is 5.56 Å². The highest BCUT2D eigenvalue weighted by Crippen LogP contribution is 2.33. The molecule has 9 heteroatoms. The minimum Gasteiger partial charge on any atom is -0.480 e. The highest BCUT2D eigenvalue weighted by Gasteiger charge is 2.29. The van der Waals surface area contributed by atoms with E-state index in [1.165, 1.54) is 25.1 Å². The topological polar surface area (TPSA) is 128 Å². The van der Waals surface area contributed by atoms with Gasteiger partial charge in [0.25, 0.3) is 0 Å². The summed E-state index contributed by atoms with van der Waals surface area (Å²) in [6, 6.07) is 3.35. The first kappa shape index (κ1) is 28.7. The fourth-order valence-electron chi connectivity index (χ4n) is 2.42. The van der Waals surface area contributed by atoms with Crippen molar-refractivity contribution in [3.8, 4) is 11.5 Å². The van der Waals surface area contributed by atoms with Gasteiger partial charge in [0, 0.05) is 12.5 Å². The number of benzene rings is 1. The van der Waals surface area contributed by atoms with Gasteiger partial charge in [-0.3, -0.25) is 14.4 Å². The van der Waals surface area contributed by atoms with Crippen LogP contribution >= 0.6 is 0 Å². The van der Waals surface area contributed by atoms with Crippen molar-refractivity contribution in [3.63, 3.8) is 0 Å². The van der Waals surface area contributed by atoms with Crippen molar-refractivity contribution in [2.24, 2.45) is 10.8 Å². The lowest BCUT2D eigenvalue weighted by Gasteiger charge is -2.22. The van der Waals surface area contributed by atoms with Gasteiger partial charge in [-0.25, -0.2) is 4.79 Å². The van der Waals surface area contributed by atoms with Crippen LogP contribution < -0.4 is 14.8 Å². The Balaban J connectivity index is 3.32. The molecule has 1 aromatic carbocycles. The van der Waals surface area contributed by atoms with Crippen molar-refractivity contribution in [2.75, 3.05) is 6.61 Å². The van der Waals surface area contributed by atoms with Crippen LogP contribution in [0.1, 0.15) is 61.0 Å². The second-order valence-electron chi connectivity index (χ2n) is 9.85. The molecule has 0 aliphatic heterocycles. The number of ether oxygens (including phenoxy) is 3. The van der Waals surface area contributed by atoms with Crippen LogP contribution in [0.15, 0.2) is 30.2 Å². The van der Waals surface area contributed by atoms with Crippen molar-refractivity contribution in [1.29, 1.82) is 0 Å². The molecular weight excluding hydrogens is 442 g/mol. The zero-order chi connectivity index (χ0) is 26.3. The van der Waals surface area contributed by atoms with Gasteiger partial charge in [-0.2, -0.15) is 0 Å². The van der Waals surface area contributed by atoms with Crippen molar-refractivity contribution in [1.82, 2.24) is 5.32 Å². The fourth-order valence-corrected chi connectivity index (χ4v) is 2.42. The number of hydrogen-bond acceptors (Lipinski definition) is 8. The van der Waals surface area contributed by atoms with Crippen LogP contribution in [-0.4, -0.2) is 41.4 Å². The number of nitrogens with one attached hydrogen (secondary N) is 1. The van der Waals surface area contributed by atoms with E-state index in [0.717, 1.165) is 0 Å². The molecule has 0 saturated heterocycles. The van der Waals surface area contributed by atoms with Gasteiger partial charge < -0.3 is 24.6 Å². The van der Waals surface area contributed by atoms with E-state index in [-0.39, 0.29) is 36.2 Å². The van der Waals surface area contributed by atoms with Gasteiger partial charge in [-0.05, 0) is 73.1 Å². The SMILES string of the molecule is CCOC(=CC(C)=O)N[C@@H](Cc1ccc(OC(=O)C(C)(C)C)c(OC(=O)C(C)(C)C)c1)C(=O)O. The lowest BCUT2D eigenvalue weighted by molar-refractivity contribution is -0.145. The molecule has 0 heterocycles. The maximum atomic E-state index is 12.5. The van der Waals surface area contributed by atoms with Gasteiger partial charge in [0.2, 0.25) is 0 Å². The number of hydrogen-bond donors (Lipinski definition) is 2. The summed E-state index contributed by atoms with van der Waals surface area (Å²) in [5.74, 6) is -2.46. The van der Waals surface area contributed by atoms with Crippen LogP contribution in [0.2, 0.25) is 0 Å². The van der Waals surface area contributed by atoms with Gasteiger partial charge in [0.15, 0.2) is 23.2 Å². The zero-order valence-corrected chi connectivity index (χ0v) is 21.1. The third-order valence-electron chi connectivity index (χ3n) is 4.33. The van der Waals surface area contributed by atoms with Crippen LogP contribution in [-0.2, 0) is 30.3 Å². The smallest absolute Gasteiger partial charge is 0.326 e. The van der Waals surface area contributed by atoms with Gasteiger partial charge >= 0.3 is 17.9 Å². The van der Waals surface area contributed by atoms with E-state index in [1.54, 1.807) is 54.5 Å². The van der Waals surface area contributed by atoms with Crippen LogP contribution in [0.3, 0.4) is 0 Å². The number of aliphatic carboxylic acids is 1. The number of carboxylic acids is 1. The average Bonchev–Trinajstić information content (AvgIpc) is 2.67. The highest BCUT2D eigenvalue weighted by atomic mass is 16.6. The normalized spacial score (nSPS) is 13.0. The largest absolute Gasteiger partial charge is 0.480 e. The molecule has 2 N–H and O–H groups in total. The lowest BCUT2D eigenvalue weighted by atomic mass is 9.97. The Kier molecular flexibility index (Phi) is 9.84. The Morgan fingerprint density at radius 2 is 1.50 bits per heavy atom. The molecule has 0 bridgehead atoms. The quantitative estimate of drug-likeness (QED) is 0.225. The van der Waals surface area contributed by atoms with Gasteiger partial charge in [-0.15, -0.1) is 0 Å². The van der Waals surface area contributed by atoms with Crippen LogP contribution in [0, 0.1) is 10.8 Å². The molecule has 0 fully saturated rings. The van der Waals surface area contributed by atoms with E-state index in [4.69, 9.17) is 14.2 Å². The number of carbonyl (C=O) groups is 4. The van der Waals surface area contributed by atoms with E-state index < -0.39 is 34.8 Å². The second-order valence-corrected chi connectivity index (χ2v) is 9.85. The molecule has 0 aliphatic carbocycles. The third kappa shape index (κ3) is 9.25. The first-order chi connectivity index (χ1) is 15.5. The summed E-state index contributed by atoms with van der Waals surface area (Å²) >= 11 is 0. The predicted octanol–water partition coefficient (Wildman–Crippen LogP) is 3.64. The minimum absolute atomic E-state index is 0.00322. The van der Waals surface area contributed by atoms with Crippen LogP contribution in [0.4, 0.5) is 0 Å². The van der Waals surface area contributed by atoms with E-state index in [2.05, 4.69) is 5.32 Å². The number of carboxylic acid groups (broad SMARTS) is 1. The summed E-state index contributed by atoms with van der Waals surface area (Å²) in [6.07, 6.45) is 1.14. The van der Waals surface area contributed by atoms with Gasteiger partial charge in [0.05, 0.1) is 17.4 Å². The van der Waals surface area contributed by atoms with Crippen molar-refractivity contribution < 1.29 is 38.5 Å². The number of rotatable bonds is 10. The third-order valence-corrected chi connectivity index (χ3v) is 4.33. The maximum Gasteiger partial charge on any atom is 0.326 e. The van der Waals surface area contributed by atoms with E-state index in [9.17, 15) is 24.3 Å². The summed E-state index contributed by atoms with van der Waals surface area (Å²) in [4.78, 5) is 48.2. The Morgan fingerprint density at radius 3 is 1.94 bits per heavy atom. The van der Waals surface area contributed by atoms with Crippen LogP contribution in [0.5, 0.6) is 11.5 Å². The molecule has 34 heavy (non-hydrogen) atoms. The summed E-state index contributed by atoms with van der Waals surface area (Å²) in [5.41, 5.74) is -1.12. The van der Waals surface area contributed by atoms with E-state index >= 15 is 0 Å². The standard InChI is InChI=1S/C25H35NO8/c1-9-32-20(12-15(2)27)26-17(21(28)29)13-16-10-11-18(33-22(30)24(3,4)5)19(14-16)34-23(31)25(6,7)8/h10-12,14,17,26H,9,13H2,1-8H3,(H,28,29)/t17-/m0/s1. The number of esters is 2. The molecule has 0 unspecified atom stereocenters. The molecule has 0 amide bonds. The lowest BCUT2D eigenvalue weighted by Crippen LogP contribution is -2.39. The summed E-state index contributed by atoms with van der Waals surface area (Å²) < 4.78 is 16.3. The Labute approximate surface area is 200 Å². The van der Waals surface area contributed by atoms with Gasteiger partial charge in [-0.1, -0.05) is 6.07 Å². The number of allylic oxidation sites excluding steroid dienone is 1. The monoisotopic (exact) mass is 477 g/mol. The van der Waals surface area contributed by atoms with Crippen molar-refractivity contribution in [2.45, 2.75) is 67.9 Å². The van der Waals surface area contributed by atoms with E-state index in [1.807, 2.05) is 0 Å². The summed E-state index contributed by atoms with van der Waals surface area (Å²) in [5, 5.41) is 12.4. The molecular formula is C25H35NO8. The molecule has 0 spiro atoms. The van der Waals surface area contributed by atoms with Crippen molar-refractivity contribution >= 4 is 23.7 Å². The molecule has 9 nitrogen and oxygen atoms in total. The zero-order valence-electron chi connectivity index (χ0n) is 21.1. The Bertz CT molecular complexity index is 951. The minimum atomic E-state index is -1.18. The number of ketones is 1. The molecule has 1 aromatic rings. The average molecular weight is 478 g/mol. The Hall–Kier alpha value is -3.36. The molecule has 1 rings (SSSR count). The molecule has 1 atom stereocenters. The first-order valence-electron chi connectivity index (χ1n) is 11.0. The number of carbonyl (C=O) groups excluding carboxylic acids is 3. The van der Waals surface area contributed by atoms with Gasteiger partial charge in [0.1, 0.15) is 6.04 Å². The predicted molar refractivity (Wildman–Crippen MR) is 125 cm³/mol. The summed E-state index contributed by atoms with van der Waals surface area (Å²) in [6.45, 7) is 13.4. The second kappa shape index (κ2) is 11.7. The Morgan fingerprint density at radius 1 is 0.971 bits per heavy atom. The first-order valence-corrected chi connectivity index (χ1v) is 11.0. The van der Waals surface area contributed by atoms with Crippen LogP contribution in [0.25, 0.3) is 0 Å². The molecule has 0 saturated carbocycles. The highest BCUT2D eigenvalue weighted by molar-refractivity contribution is 5.87. The van der Waals surface area contributed by atoms with Crippen molar-refractivity contribution in [3.05, 3.63) is 35.7 Å². The summed E-state index contributed by atoms with van der Waals surface area (Å²) in [7, 11) is 0. The molecule has 0 aromatic heterocycles. The molecule has 0 aliphatic rings. The maximum absolute atomic E-state index is 12.5. The fraction of sp³-hybridized carbons (Fsp3) is 0.520. The molecule has 0 radical (unpaired) electrons. The molecule has 188 valence electrons.